The van der Waals surface area contributed by atoms with Crippen LogP contribution in [0.5, 0.6) is 0 Å². The molecule has 0 aliphatic heterocycles. The van der Waals surface area contributed by atoms with Gasteiger partial charge in [-0.1, -0.05) is 12.1 Å². The number of hydrogen-bond acceptors (Lipinski definition) is 5. The summed E-state index contributed by atoms with van der Waals surface area (Å²) in [6.07, 6.45) is 9.08. The molecular formula is C17H14N4OS. The average molecular weight is 322 g/mol. The van der Waals surface area contributed by atoms with Gasteiger partial charge in [-0.2, -0.15) is 5.10 Å². The van der Waals surface area contributed by atoms with Crippen molar-refractivity contribution in [2.75, 3.05) is 0 Å². The van der Waals surface area contributed by atoms with Crippen LogP contribution in [0.4, 0.5) is 0 Å². The minimum absolute atomic E-state index is 0.0447. The van der Waals surface area contributed by atoms with Gasteiger partial charge in [0, 0.05) is 11.9 Å². The fourth-order valence-corrected chi connectivity index (χ4v) is 3.44. The molecule has 23 heavy (non-hydrogen) atoms. The lowest BCUT2D eigenvalue weighted by Gasteiger charge is -2.12. The molecule has 4 rings (SSSR count). The molecule has 0 saturated carbocycles. The van der Waals surface area contributed by atoms with Crippen LogP contribution in [0.25, 0.3) is 11.2 Å². The van der Waals surface area contributed by atoms with E-state index >= 15 is 0 Å². The van der Waals surface area contributed by atoms with Gasteiger partial charge in [0.2, 0.25) is 5.78 Å². The summed E-state index contributed by atoms with van der Waals surface area (Å²) in [7, 11) is 0. The lowest BCUT2D eigenvalue weighted by molar-refractivity contribution is 0.104. The summed E-state index contributed by atoms with van der Waals surface area (Å²) in [6.45, 7) is 0. The molecular weight excluding hydrogens is 308 g/mol. The second kappa shape index (κ2) is 5.48. The SMILES string of the molecule is NC1=CCCC(c2ccnc3c(C(=O)c4cccs4)cnn23)=C1. The highest BCUT2D eigenvalue weighted by Crippen LogP contribution is 2.26. The van der Waals surface area contributed by atoms with E-state index in [-0.39, 0.29) is 5.78 Å². The number of nitrogens with zero attached hydrogens (tertiary/aromatic N) is 3. The third kappa shape index (κ3) is 2.37. The normalized spacial score (nSPS) is 14.6. The van der Waals surface area contributed by atoms with Crippen molar-refractivity contribution in [3.8, 4) is 0 Å². The summed E-state index contributed by atoms with van der Waals surface area (Å²) < 4.78 is 1.73. The monoisotopic (exact) mass is 322 g/mol. The maximum absolute atomic E-state index is 12.6. The summed E-state index contributed by atoms with van der Waals surface area (Å²) in [6, 6.07) is 5.59. The Kier molecular flexibility index (Phi) is 3.31. The van der Waals surface area contributed by atoms with Crippen LogP contribution in [0.15, 0.2) is 53.8 Å². The average Bonchev–Trinajstić information content (AvgIpc) is 3.23. The van der Waals surface area contributed by atoms with Crippen molar-refractivity contribution in [2.45, 2.75) is 12.8 Å². The van der Waals surface area contributed by atoms with Crippen LogP contribution in [0.2, 0.25) is 0 Å². The molecule has 1 aliphatic carbocycles. The van der Waals surface area contributed by atoms with E-state index in [9.17, 15) is 4.79 Å². The first-order chi connectivity index (χ1) is 11.2. The fourth-order valence-electron chi connectivity index (χ4n) is 2.76. The van der Waals surface area contributed by atoms with Crippen LogP contribution in [-0.2, 0) is 0 Å². The Morgan fingerprint density at radius 2 is 2.26 bits per heavy atom. The first-order valence-corrected chi connectivity index (χ1v) is 8.19. The molecule has 0 amide bonds. The predicted molar refractivity (Wildman–Crippen MR) is 90.2 cm³/mol. The zero-order valence-electron chi connectivity index (χ0n) is 12.3. The molecule has 0 aromatic carbocycles. The first-order valence-electron chi connectivity index (χ1n) is 7.31. The van der Waals surface area contributed by atoms with Crippen LogP contribution < -0.4 is 5.73 Å². The number of rotatable bonds is 3. The van der Waals surface area contributed by atoms with E-state index < -0.39 is 0 Å². The van der Waals surface area contributed by atoms with E-state index in [1.54, 1.807) is 16.9 Å². The second-order valence-electron chi connectivity index (χ2n) is 5.34. The Balaban J connectivity index is 1.84. The highest BCUT2D eigenvalue weighted by Gasteiger charge is 2.19. The Morgan fingerprint density at radius 1 is 1.35 bits per heavy atom. The van der Waals surface area contributed by atoms with Crippen LogP contribution in [0, 0.1) is 0 Å². The summed E-state index contributed by atoms with van der Waals surface area (Å²) in [5.74, 6) is -0.0447. The van der Waals surface area contributed by atoms with Crippen LogP contribution in [0.1, 0.15) is 33.8 Å². The maximum Gasteiger partial charge on any atom is 0.208 e. The third-order valence-corrected chi connectivity index (χ3v) is 4.72. The lowest BCUT2D eigenvalue weighted by atomic mass is 10.0. The lowest BCUT2D eigenvalue weighted by Crippen LogP contribution is -2.05. The van der Waals surface area contributed by atoms with Gasteiger partial charge in [0.25, 0.3) is 0 Å². The molecule has 6 heteroatoms. The molecule has 0 spiro atoms. The van der Waals surface area contributed by atoms with Gasteiger partial charge in [0.15, 0.2) is 5.65 Å². The van der Waals surface area contributed by atoms with Gasteiger partial charge in [-0.05, 0) is 42.0 Å². The van der Waals surface area contributed by atoms with Gasteiger partial charge < -0.3 is 5.73 Å². The Morgan fingerprint density at radius 3 is 3.04 bits per heavy atom. The summed E-state index contributed by atoms with van der Waals surface area (Å²) in [5.41, 5.74) is 9.81. The van der Waals surface area contributed by atoms with E-state index in [1.807, 2.05) is 35.7 Å². The zero-order valence-corrected chi connectivity index (χ0v) is 13.1. The number of ketones is 1. The van der Waals surface area contributed by atoms with E-state index in [2.05, 4.69) is 10.1 Å². The fraction of sp³-hybridized carbons (Fsp3) is 0.118. The van der Waals surface area contributed by atoms with Crippen molar-refractivity contribution in [2.24, 2.45) is 5.73 Å². The van der Waals surface area contributed by atoms with E-state index in [1.165, 1.54) is 11.3 Å². The largest absolute Gasteiger partial charge is 0.399 e. The standard InChI is InChI=1S/C17H14N4OS/c18-12-4-1-3-11(9-12)14-6-7-19-17-13(10-20-21(14)17)16(22)15-5-2-8-23-15/h2,4-10H,1,3,18H2. The molecule has 1 aliphatic rings. The van der Waals surface area contributed by atoms with Crippen LogP contribution >= 0.6 is 11.3 Å². The Labute approximate surface area is 136 Å². The van der Waals surface area contributed by atoms with E-state index in [0.717, 1.165) is 29.8 Å². The third-order valence-electron chi connectivity index (χ3n) is 3.85. The number of aromatic nitrogens is 3. The van der Waals surface area contributed by atoms with E-state index in [4.69, 9.17) is 5.73 Å². The number of carbonyl (C=O) groups excluding carboxylic acids is 1. The smallest absolute Gasteiger partial charge is 0.208 e. The van der Waals surface area contributed by atoms with Crippen LogP contribution in [0.3, 0.4) is 0 Å². The molecule has 3 aromatic rings. The molecule has 0 bridgehead atoms. The summed E-state index contributed by atoms with van der Waals surface area (Å²) in [4.78, 5) is 17.6. The molecule has 0 radical (unpaired) electrons. The predicted octanol–water partition coefficient (Wildman–Crippen LogP) is 3.04. The van der Waals surface area contributed by atoms with Crippen LogP contribution in [-0.4, -0.2) is 20.4 Å². The molecule has 0 fully saturated rings. The first kappa shape index (κ1) is 13.9. The van der Waals surface area contributed by atoms with Crippen molar-refractivity contribution in [3.05, 3.63) is 70.0 Å². The number of fused-ring (bicyclic) bond motifs is 1. The minimum Gasteiger partial charge on any atom is -0.399 e. The molecule has 3 heterocycles. The second-order valence-corrected chi connectivity index (χ2v) is 6.29. The number of nitrogens with two attached hydrogens (primary N) is 1. The quantitative estimate of drug-likeness (QED) is 0.752. The van der Waals surface area contributed by atoms with Crippen molar-refractivity contribution in [1.82, 2.24) is 14.6 Å². The maximum atomic E-state index is 12.6. The summed E-state index contributed by atoms with van der Waals surface area (Å²) >= 11 is 1.42. The number of thiophene rings is 1. The van der Waals surface area contributed by atoms with E-state index in [0.29, 0.717) is 16.1 Å². The molecule has 0 saturated heterocycles. The molecule has 5 nitrogen and oxygen atoms in total. The highest BCUT2D eigenvalue weighted by molar-refractivity contribution is 7.12. The molecule has 3 aromatic heterocycles. The highest BCUT2D eigenvalue weighted by atomic mass is 32.1. The van der Waals surface area contributed by atoms with Gasteiger partial charge in [-0.25, -0.2) is 9.50 Å². The molecule has 0 atom stereocenters. The van der Waals surface area contributed by atoms with Crippen molar-refractivity contribution < 1.29 is 4.79 Å². The Bertz CT molecular complexity index is 950. The van der Waals surface area contributed by atoms with Gasteiger partial charge in [-0.3, -0.25) is 4.79 Å². The van der Waals surface area contributed by atoms with Crippen molar-refractivity contribution in [1.29, 1.82) is 0 Å². The van der Waals surface area contributed by atoms with Crippen molar-refractivity contribution in [3.63, 3.8) is 0 Å². The molecule has 2 N–H and O–H groups in total. The number of hydrogen-bond donors (Lipinski definition) is 1. The molecule has 0 unspecified atom stereocenters. The van der Waals surface area contributed by atoms with Gasteiger partial charge in [0.05, 0.1) is 22.3 Å². The number of allylic oxidation sites excluding steroid dienone is 3. The molecule has 114 valence electrons. The Hall–Kier alpha value is -2.73. The van der Waals surface area contributed by atoms with Gasteiger partial charge in [0.1, 0.15) is 0 Å². The zero-order chi connectivity index (χ0) is 15.8. The summed E-state index contributed by atoms with van der Waals surface area (Å²) in [5, 5.41) is 6.28. The van der Waals surface area contributed by atoms with Crippen molar-refractivity contribution >= 4 is 28.3 Å². The minimum atomic E-state index is -0.0447. The topological polar surface area (TPSA) is 73.3 Å². The number of carbonyl (C=O) groups is 1. The van der Waals surface area contributed by atoms with Gasteiger partial charge in [-0.15, -0.1) is 11.3 Å². The van der Waals surface area contributed by atoms with Gasteiger partial charge >= 0.3 is 0 Å².